The van der Waals surface area contributed by atoms with Gasteiger partial charge in [-0.15, -0.1) is 0 Å². The van der Waals surface area contributed by atoms with Crippen LogP contribution in [0.1, 0.15) is 37.8 Å². The van der Waals surface area contributed by atoms with Gasteiger partial charge in [0, 0.05) is 18.7 Å². The van der Waals surface area contributed by atoms with E-state index >= 15 is 0 Å². The molecule has 0 saturated heterocycles. The predicted octanol–water partition coefficient (Wildman–Crippen LogP) is 3.23. The zero-order valence-corrected chi connectivity index (χ0v) is 11.1. The number of rotatable bonds is 5. The quantitative estimate of drug-likeness (QED) is 0.818. The number of phenols is 1. The lowest BCUT2D eigenvalue weighted by Gasteiger charge is -2.20. The molecule has 2 heteroatoms. The molecule has 0 bridgehead atoms. The van der Waals surface area contributed by atoms with E-state index in [0.717, 1.165) is 24.6 Å². The Bertz CT molecular complexity index is 394. The van der Waals surface area contributed by atoms with Crippen LogP contribution in [0.3, 0.4) is 0 Å². The summed E-state index contributed by atoms with van der Waals surface area (Å²) in [7, 11) is 0. The van der Waals surface area contributed by atoms with Crippen molar-refractivity contribution < 1.29 is 5.11 Å². The van der Waals surface area contributed by atoms with E-state index in [2.05, 4.69) is 32.2 Å². The number of phenolic OH excluding ortho intramolecular Hbond substituents is 1. The van der Waals surface area contributed by atoms with E-state index in [0.29, 0.717) is 11.2 Å². The van der Waals surface area contributed by atoms with Crippen molar-refractivity contribution in [3.05, 3.63) is 29.3 Å². The summed E-state index contributed by atoms with van der Waals surface area (Å²) in [5, 5.41) is 13.2. The molecule has 0 aliphatic heterocycles. The highest BCUT2D eigenvalue weighted by Crippen LogP contribution is 2.51. The van der Waals surface area contributed by atoms with Crippen LogP contribution < -0.4 is 5.32 Å². The number of aryl methyl sites for hydroxylation is 1. The highest BCUT2D eigenvalue weighted by atomic mass is 16.3. The Balaban J connectivity index is 1.88. The first-order valence-corrected chi connectivity index (χ1v) is 6.53. The van der Waals surface area contributed by atoms with Crippen LogP contribution in [-0.4, -0.2) is 11.7 Å². The van der Waals surface area contributed by atoms with Gasteiger partial charge >= 0.3 is 0 Å². The first-order valence-electron chi connectivity index (χ1n) is 6.53. The molecule has 0 atom stereocenters. The number of hydrogen-bond acceptors (Lipinski definition) is 2. The zero-order valence-electron chi connectivity index (χ0n) is 11.1. The van der Waals surface area contributed by atoms with Gasteiger partial charge in [0.15, 0.2) is 0 Å². The zero-order chi connectivity index (χ0) is 12.5. The molecule has 2 nitrogen and oxygen atoms in total. The molecule has 1 aromatic carbocycles. The smallest absolute Gasteiger partial charge is 0.120 e. The third-order valence-corrected chi connectivity index (χ3v) is 4.14. The van der Waals surface area contributed by atoms with E-state index in [-0.39, 0.29) is 0 Å². The molecule has 1 aliphatic rings. The topological polar surface area (TPSA) is 32.3 Å². The summed E-state index contributed by atoms with van der Waals surface area (Å²) in [6, 6.07) is 5.77. The number of aromatic hydroxyl groups is 1. The average Bonchev–Trinajstić information content (AvgIpc) is 3.04. The molecular weight excluding hydrogens is 210 g/mol. The lowest BCUT2D eigenvalue weighted by molar-refractivity contribution is 0.336. The maximum Gasteiger partial charge on any atom is 0.120 e. The van der Waals surface area contributed by atoms with E-state index in [1.807, 2.05) is 6.07 Å². The van der Waals surface area contributed by atoms with Crippen molar-refractivity contribution in [2.75, 3.05) is 6.54 Å². The fraction of sp³-hybridized carbons (Fsp3) is 0.600. The summed E-state index contributed by atoms with van der Waals surface area (Å²) in [6.45, 7) is 8.50. The van der Waals surface area contributed by atoms with Crippen molar-refractivity contribution in [3.8, 4) is 5.75 Å². The summed E-state index contributed by atoms with van der Waals surface area (Å²) in [4.78, 5) is 0. The summed E-state index contributed by atoms with van der Waals surface area (Å²) < 4.78 is 0. The van der Waals surface area contributed by atoms with E-state index in [1.165, 1.54) is 18.4 Å². The fourth-order valence-corrected chi connectivity index (χ4v) is 2.42. The second kappa shape index (κ2) is 4.69. The molecule has 0 spiro atoms. The molecule has 0 unspecified atom stereocenters. The summed E-state index contributed by atoms with van der Waals surface area (Å²) in [6.07, 6.45) is 2.69. The summed E-state index contributed by atoms with van der Waals surface area (Å²) in [5.74, 6) is 1.15. The number of nitrogens with one attached hydrogen (secondary N) is 1. The van der Waals surface area contributed by atoms with Crippen LogP contribution in [0, 0.1) is 18.3 Å². The van der Waals surface area contributed by atoms with Crippen LogP contribution in [0.4, 0.5) is 0 Å². The SMILES string of the molecule is Cc1ccc(O)c(CNCC2(C(C)C)CC2)c1. The molecule has 1 aliphatic carbocycles. The van der Waals surface area contributed by atoms with Gasteiger partial charge in [-0.3, -0.25) is 0 Å². The van der Waals surface area contributed by atoms with E-state index in [4.69, 9.17) is 0 Å². The minimum Gasteiger partial charge on any atom is -0.508 e. The van der Waals surface area contributed by atoms with Crippen molar-refractivity contribution >= 4 is 0 Å². The van der Waals surface area contributed by atoms with E-state index in [9.17, 15) is 5.11 Å². The third kappa shape index (κ3) is 2.81. The standard InChI is InChI=1S/C15H23NO/c1-11(2)15(6-7-15)10-16-9-13-8-12(3)4-5-14(13)17/h4-5,8,11,16-17H,6-7,9-10H2,1-3H3. The van der Waals surface area contributed by atoms with Gasteiger partial charge in [-0.1, -0.05) is 31.5 Å². The molecule has 0 heterocycles. The van der Waals surface area contributed by atoms with Gasteiger partial charge in [0.25, 0.3) is 0 Å². The third-order valence-electron chi connectivity index (χ3n) is 4.14. The Morgan fingerprint density at radius 1 is 1.35 bits per heavy atom. The Hall–Kier alpha value is -1.02. The minimum absolute atomic E-state index is 0.400. The molecule has 2 N–H and O–H groups in total. The van der Waals surface area contributed by atoms with E-state index < -0.39 is 0 Å². The maximum absolute atomic E-state index is 9.75. The monoisotopic (exact) mass is 233 g/mol. The molecule has 0 radical (unpaired) electrons. The van der Waals surface area contributed by atoms with Gasteiger partial charge in [-0.2, -0.15) is 0 Å². The van der Waals surface area contributed by atoms with Crippen LogP contribution in [0.2, 0.25) is 0 Å². The highest BCUT2D eigenvalue weighted by molar-refractivity contribution is 5.35. The normalized spacial score (nSPS) is 17.4. The summed E-state index contributed by atoms with van der Waals surface area (Å²) >= 11 is 0. The lowest BCUT2D eigenvalue weighted by Crippen LogP contribution is -2.27. The molecule has 0 amide bonds. The highest BCUT2D eigenvalue weighted by Gasteiger charge is 2.44. The van der Waals surface area contributed by atoms with Crippen LogP contribution in [0.5, 0.6) is 5.75 Å². The lowest BCUT2D eigenvalue weighted by atomic mass is 9.92. The molecule has 0 aromatic heterocycles. The van der Waals surface area contributed by atoms with Crippen LogP contribution in [0.15, 0.2) is 18.2 Å². The second-order valence-electron chi connectivity index (χ2n) is 5.75. The molecule has 17 heavy (non-hydrogen) atoms. The number of hydrogen-bond donors (Lipinski definition) is 2. The second-order valence-corrected chi connectivity index (χ2v) is 5.75. The van der Waals surface area contributed by atoms with E-state index in [1.54, 1.807) is 6.07 Å². The van der Waals surface area contributed by atoms with Crippen LogP contribution in [-0.2, 0) is 6.54 Å². The van der Waals surface area contributed by atoms with Crippen molar-refractivity contribution in [3.63, 3.8) is 0 Å². The van der Waals surface area contributed by atoms with Crippen molar-refractivity contribution in [1.82, 2.24) is 5.32 Å². The molecule has 1 saturated carbocycles. The predicted molar refractivity (Wildman–Crippen MR) is 71.1 cm³/mol. The maximum atomic E-state index is 9.75. The Morgan fingerprint density at radius 2 is 2.06 bits per heavy atom. The molecule has 94 valence electrons. The van der Waals surface area contributed by atoms with Gasteiger partial charge in [0.1, 0.15) is 5.75 Å². The van der Waals surface area contributed by atoms with Gasteiger partial charge < -0.3 is 10.4 Å². The van der Waals surface area contributed by atoms with Gasteiger partial charge in [-0.25, -0.2) is 0 Å². The van der Waals surface area contributed by atoms with Crippen LogP contribution in [0.25, 0.3) is 0 Å². The minimum atomic E-state index is 0.400. The molecule has 1 fully saturated rings. The average molecular weight is 233 g/mol. The Labute approximate surface area is 104 Å². The molecule has 2 rings (SSSR count). The first kappa shape index (κ1) is 12.4. The Morgan fingerprint density at radius 3 is 2.65 bits per heavy atom. The summed E-state index contributed by atoms with van der Waals surface area (Å²) in [5.41, 5.74) is 2.73. The first-order chi connectivity index (χ1) is 8.03. The number of benzene rings is 1. The van der Waals surface area contributed by atoms with Gasteiger partial charge in [0.2, 0.25) is 0 Å². The van der Waals surface area contributed by atoms with Gasteiger partial charge in [-0.05, 0) is 37.2 Å². The molecule has 1 aromatic rings. The Kier molecular flexibility index (Phi) is 3.43. The van der Waals surface area contributed by atoms with Crippen LogP contribution >= 0.6 is 0 Å². The molecular formula is C15H23NO. The largest absolute Gasteiger partial charge is 0.508 e. The van der Waals surface area contributed by atoms with Crippen molar-refractivity contribution in [1.29, 1.82) is 0 Å². The van der Waals surface area contributed by atoms with Crippen molar-refractivity contribution in [2.45, 2.75) is 40.2 Å². The fourth-order valence-electron chi connectivity index (χ4n) is 2.42. The van der Waals surface area contributed by atoms with Gasteiger partial charge in [0.05, 0.1) is 0 Å². The van der Waals surface area contributed by atoms with Crippen molar-refractivity contribution in [2.24, 2.45) is 11.3 Å².